The average Bonchev–Trinajstić information content (AvgIpc) is 2.13. The van der Waals surface area contributed by atoms with Gasteiger partial charge in [-0.2, -0.15) is 0 Å². The standard InChI is InChI=1S/C4H3ClN2O2.H2O/c5-7-2-6-1-3(7)4(8)9;/h1-2H,(H,8,9);1H2. The molecule has 0 amide bonds. The van der Waals surface area contributed by atoms with Crippen molar-refractivity contribution in [2.45, 2.75) is 0 Å². The average molecular weight is 165 g/mol. The number of carbonyl (C=O) groups is 1. The van der Waals surface area contributed by atoms with E-state index in [2.05, 4.69) is 4.98 Å². The Balaban J connectivity index is 0.000000810. The summed E-state index contributed by atoms with van der Waals surface area (Å²) < 4.78 is 0.919. The van der Waals surface area contributed by atoms with E-state index >= 15 is 0 Å². The third-order valence-electron chi connectivity index (χ3n) is 0.814. The fourth-order valence-electron chi connectivity index (χ4n) is 0.426. The highest BCUT2D eigenvalue weighted by atomic mass is 35.5. The first-order valence-electron chi connectivity index (χ1n) is 2.13. The van der Waals surface area contributed by atoms with Crippen molar-refractivity contribution in [1.29, 1.82) is 0 Å². The second kappa shape index (κ2) is 3.19. The lowest BCUT2D eigenvalue weighted by Crippen LogP contribution is -1.99. The Labute approximate surface area is 61.3 Å². The number of hydrogen-bond donors (Lipinski definition) is 1. The Hall–Kier alpha value is -1.07. The second-order valence-corrected chi connectivity index (χ2v) is 1.76. The summed E-state index contributed by atoms with van der Waals surface area (Å²) in [5.41, 5.74) is -0.0309. The molecule has 10 heavy (non-hydrogen) atoms. The van der Waals surface area contributed by atoms with Crippen LogP contribution in [0.3, 0.4) is 0 Å². The quantitative estimate of drug-likeness (QED) is 0.621. The van der Waals surface area contributed by atoms with Crippen LogP contribution in [-0.4, -0.2) is 25.6 Å². The normalized spacial score (nSPS) is 8.50. The summed E-state index contributed by atoms with van der Waals surface area (Å²) in [4.78, 5) is 13.6. The third kappa shape index (κ3) is 1.46. The summed E-state index contributed by atoms with van der Waals surface area (Å²) in [7, 11) is 0. The van der Waals surface area contributed by atoms with Gasteiger partial charge in [-0.05, 0) is 0 Å². The van der Waals surface area contributed by atoms with Crippen LogP contribution in [-0.2, 0) is 0 Å². The molecule has 3 N–H and O–H groups in total. The lowest BCUT2D eigenvalue weighted by molar-refractivity contribution is 0.0689. The molecule has 0 radical (unpaired) electrons. The van der Waals surface area contributed by atoms with Gasteiger partial charge in [0, 0.05) is 11.8 Å². The fraction of sp³-hybridized carbons (Fsp3) is 0. The van der Waals surface area contributed by atoms with Gasteiger partial charge in [-0.25, -0.2) is 13.9 Å². The molecule has 0 aromatic carbocycles. The zero-order valence-electron chi connectivity index (χ0n) is 4.78. The number of halogens is 1. The van der Waals surface area contributed by atoms with Crippen molar-refractivity contribution in [2.75, 3.05) is 0 Å². The van der Waals surface area contributed by atoms with Gasteiger partial charge in [0.05, 0.1) is 6.20 Å². The van der Waals surface area contributed by atoms with E-state index in [4.69, 9.17) is 16.9 Å². The molecule has 0 bridgehead atoms. The van der Waals surface area contributed by atoms with Crippen molar-refractivity contribution in [3.63, 3.8) is 0 Å². The monoisotopic (exact) mass is 164 g/mol. The van der Waals surface area contributed by atoms with Gasteiger partial charge in [-0.15, -0.1) is 0 Å². The van der Waals surface area contributed by atoms with Crippen molar-refractivity contribution in [1.82, 2.24) is 9.07 Å². The minimum atomic E-state index is -1.08. The number of nitrogens with zero attached hydrogens (tertiary/aromatic N) is 2. The zero-order valence-corrected chi connectivity index (χ0v) is 5.54. The number of imidazole rings is 1. The van der Waals surface area contributed by atoms with Crippen molar-refractivity contribution < 1.29 is 15.4 Å². The molecular formula is C4H5ClN2O3. The molecule has 0 saturated heterocycles. The lowest BCUT2D eigenvalue weighted by atomic mass is 10.5. The molecular weight excluding hydrogens is 160 g/mol. The van der Waals surface area contributed by atoms with E-state index in [-0.39, 0.29) is 11.2 Å². The molecule has 0 fully saturated rings. The van der Waals surface area contributed by atoms with E-state index in [1.165, 1.54) is 12.5 Å². The van der Waals surface area contributed by atoms with Crippen molar-refractivity contribution in [3.8, 4) is 0 Å². The summed E-state index contributed by atoms with van der Waals surface area (Å²) >= 11 is 5.31. The predicted molar refractivity (Wildman–Crippen MR) is 34.1 cm³/mol. The summed E-state index contributed by atoms with van der Waals surface area (Å²) in [5.74, 6) is -1.08. The Bertz CT molecular complexity index is 234. The van der Waals surface area contributed by atoms with Gasteiger partial charge in [0.2, 0.25) is 0 Å². The third-order valence-corrected chi connectivity index (χ3v) is 1.08. The molecule has 1 aromatic rings. The van der Waals surface area contributed by atoms with Crippen LogP contribution < -0.4 is 0 Å². The molecule has 0 atom stereocenters. The predicted octanol–water partition coefficient (Wildman–Crippen LogP) is -0.242. The minimum Gasteiger partial charge on any atom is -0.476 e. The maximum Gasteiger partial charge on any atom is 0.355 e. The molecule has 0 aliphatic rings. The Morgan fingerprint density at radius 2 is 2.40 bits per heavy atom. The first-order valence-corrected chi connectivity index (χ1v) is 2.47. The highest BCUT2D eigenvalue weighted by molar-refractivity contribution is 6.17. The van der Waals surface area contributed by atoms with Gasteiger partial charge in [-0.1, -0.05) is 0 Å². The summed E-state index contributed by atoms with van der Waals surface area (Å²) in [6, 6.07) is 0. The van der Waals surface area contributed by atoms with Crippen LogP contribution in [0.2, 0.25) is 0 Å². The number of hydrogen-bond acceptors (Lipinski definition) is 2. The maximum absolute atomic E-state index is 10.1. The van der Waals surface area contributed by atoms with Crippen molar-refractivity contribution in [3.05, 3.63) is 18.2 Å². The molecule has 0 spiro atoms. The molecule has 0 unspecified atom stereocenters. The van der Waals surface area contributed by atoms with Crippen LogP contribution in [0.5, 0.6) is 0 Å². The second-order valence-electron chi connectivity index (χ2n) is 1.40. The first kappa shape index (κ1) is 8.93. The zero-order chi connectivity index (χ0) is 6.85. The SMILES string of the molecule is O.O=C(O)c1cncn1Cl. The summed E-state index contributed by atoms with van der Waals surface area (Å²) in [6.45, 7) is 0. The van der Waals surface area contributed by atoms with Gasteiger partial charge in [0.1, 0.15) is 6.33 Å². The van der Waals surface area contributed by atoms with Gasteiger partial charge in [0.25, 0.3) is 0 Å². The van der Waals surface area contributed by atoms with E-state index in [0.29, 0.717) is 0 Å². The van der Waals surface area contributed by atoms with E-state index in [1.54, 1.807) is 0 Å². The van der Waals surface area contributed by atoms with Crippen LogP contribution in [0, 0.1) is 0 Å². The minimum absolute atomic E-state index is 0. The lowest BCUT2D eigenvalue weighted by Gasteiger charge is -1.87. The molecule has 1 aromatic heterocycles. The number of rotatable bonds is 1. The molecule has 0 saturated carbocycles. The molecule has 1 heterocycles. The molecule has 56 valence electrons. The fourth-order valence-corrected chi connectivity index (χ4v) is 0.593. The van der Waals surface area contributed by atoms with Crippen LogP contribution >= 0.6 is 11.8 Å². The summed E-state index contributed by atoms with van der Waals surface area (Å²) in [6.07, 6.45) is 2.39. The van der Waals surface area contributed by atoms with Gasteiger partial charge < -0.3 is 10.6 Å². The highest BCUT2D eigenvalue weighted by Crippen LogP contribution is 1.99. The Morgan fingerprint density at radius 1 is 1.80 bits per heavy atom. The first-order chi connectivity index (χ1) is 4.22. The van der Waals surface area contributed by atoms with E-state index in [9.17, 15) is 4.79 Å². The molecule has 5 nitrogen and oxygen atoms in total. The number of aromatic nitrogens is 2. The Kier molecular flexibility index (Phi) is 2.85. The number of carboxylic acids is 1. The Morgan fingerprint density at radius 3 is 2.60 bits per heavy atom. The smallest absolute Gasteiger partial charge is 0.355 e. The molecule has 1 rings (SSSR count). The van der Waals surface area contributed by atoms with Gasteiger partial charge in [0.15, 0.2) is 5.69 Å². The van der Waals surface area contributed by atoms with Crippen LogP contribution in [0.1, 0.15) is 10.5 Å². The van der Waals surface area contributed by atoms with E-state index < -0.39 is 5.97 Å². The van der Waals surface area contributed by atoms with E-state index in [0.717, 1.165) is 4.09 Å². The number of carboxylic acid groups (broad SMARTS) is 1. The van der Waals surface area contributed by atoms with Crippen LogP contribution in [0.4, 0.5) is 0 Å². The van der Waals surface area contributed by atoms with E-state index in [1.807, 2.05) is 0 Å². The van der Waals surface area contributed by atoms with Gasteiger partial charge >= 0.3 is 5.97 Å². The maximum atomic E-state index is 10.1. The van der Waals surface area contributed by atoms with Crippen molar-refractivity contribution >= 4 is 17.7 Å². The summed E-state index contributed by atoms with van der Waals surface area (Å²) in [5, 5.41) is 8.31. The molecule has 6 heteroatoms. The topological polar surface area (TPSA) is 86.6 Å². The highest BCUT2D eigenvalue weighted by Gasteiger charge is 2.06. The number of aromatic carboxylic acids is 1. The van der Waals surface area contributed by atoms with Crippen LogP contribution in [0.25, 0.3) is 0 Å². The molecule has 0 aliphatic carbocycles. The largest absolute Gasteiger partial charge is 0.476 e. The molecule has 0 aliphatic heterocycles. The van der Waals surface area contributed by atoms with Crippen LogP contribution in [0.15, 0.2) is 12.5 Å². The van der Waals surface area contributed by atoms with Gasteiger partial charge in [-0.3, -0.25) is 0 Å². The van der Waals surface area contributed by atoms with Crippen molar-refractivity contribution in [2.24, 2.45) is 0 Å².